The average molecular weight is 297 g/mol. The second-order valence-electron chi connectivity index (χ2n) is 5.19. The Hall–Kier alpha value is -0.340. The molecule has 1 aliphatic rings. The zero-order chi connectivity index (χ0) is 12.1. The first-order valence-corrected chi connectivity index (χ1v) is 7.59. The van der Waals surface area contributed by atoms with Crippen molar-refractivity contribution in [3.63, 3.8) is 0 Å². The van der Waals surface area contributed by atoms with Gasteiger partial charge in [-0.2, -0.15) is 0 Å². The maximum absolute atomic E-state index is 5.78. The Morgan fingerprint density at radius 1 is 1.41 bits per heavy atom. The maximum atomic E-state index is 5.78. The summed E-state index contributed by atoms with van der Waals surface area (Å²) in [7, 11) is 0. The third kappa shape index (κ3) is 4.81. The van der Waals surface area contributed by atoms with Crippen molar-refractivity contribution in [2.45, 2.75) is 26.2 Å². The van der Waals surface area contributed by atoms with Crippen LogP contribution in [0, 0.1) is 18.8 Å². The van der Waals surface area contributed by atoms with E-state index in [0.717, 1.165) is 30.9 Å². The minimum Gasteiger partial charge on any atom is -0.381 e. The van der Waals surface area contributed by atoms with Crippen LogP contribution in [0.15, 0.2) is 24.3 Å². The Kier molecular flexibility index (Phi) is 5.05. The van der Waals surface area contributed by atoms with Gasteiger partial charge in [-0.05, 0) is 43.6 Å². The lowest BCUT2D eigenvalue weighted by molar-refractivity contribution is 0.0979. The smallest absolute Gasteiger partial charge is 0.0505 e. The van der Waals surface area contributed by atoms with Crippen LogP contribution in [-0.2, 0) is 11.2 Å². The van der Waals surface area contributed by atoms with Crippen molar-refractivity contribution in [3.8, 4) is 0 Å². The summed E-state index contributed by atoms with van der Waals surface area (Å²) in [5.41, 5.74) is 2.76. The minimum absolute atomic E-state index is 0.593. The van der Waals surface area contributed by atoms with Crippen molar-refractivity contribution in [1.82, 2.24) is 0 Å². The molecule has 17 heavy (non-hydrogen) atoms. The van der Waals surface area contributed by atoms with Crippen molar-refractivity contribution in [3.05, 3.63) is 35.4 Å². The van der Waals surface area contributed by atoms with Crippen LogP contribution in [-0.4, -0.2) is 18.5 Å². The van der Waals surface area contributed by atoms with Gasteiger partial charge in [0.1, 0.15) is 0 Å². The summed E-state index contributed by atoms with van der Waals surface area (Å²) in [5, 5.41) is 1.02. The van der Waals surface area contributed by atoms with E-state index in [2.05, 4.69) is 47.1 Å². The van der Waals surface area contributed by atoms with Gasteiger partial charge in [-0.3, -0.25) is 0 Å². The van der Waals surface area contributed by atoms with Gasteiger partial charge in [0.05, 0.1) is 6.61 Å². The van der Waals surface area contributed by atoms with Crippen molar-refractivity contribution < 1.29 is 4.74 Å². The SMILES string of the molecule is Cc1cccc(CC(CBr)COCC2CC2)c1. The molecule has 0 N–H and O–H groups in total. The van der Waals surface area contributed by atoms with E-state index in [1.165, 1.54) is 24.0 Å². The molecular formula is C15H21BrO. The minimum atomic E-state index is 0.593. The van der Waals surface area contributed by atoms with E-state index in [1.54, 1.807) is 0 Å². The van der Waals surface area contributed by atoms with Crippen molar-refractivity contribution >= 4 is 15.9 Å². The van der Waals surface area contributed by atoms with Crippen molar-refractivity contribution in [2.24, 2.45) is 11.8 Å². The summed E-state index contributed by atoms with van der Waals surface area (Å²) >= 11 is 3.59. The quantitative estimate of drug-likeness (QED) is 0.692. The number of rotatable bonds is 7. The molecule has 1 aromatic rings. The number of aryl methyl sites for hydroxylation is 1. The van der Waals surface area contributed by atoms with Gasteiger partial charge in [-0.25, -0.2) is 0 Å². The van der Waals surface area contributed by atoms with E-state index in [9.17, 15) is 0 Å². The molecule has 2 rings (SSSR count). The van der Waals surface area contributed by atoms with E-state index < -0.39 is 0 Å². The van der Waals surface area contributed by atoms with Crippen LogP contribution in [0.1, 0.15) is 24.0 Å². The molecule has 0 heterocycles. The first-order chi connectivity index (χ1) is 8.28. The van der Waals surface area contributed by atoms with Gasteiger partial charge in [0.25, 0.3) is 0 Å². The molecule has 0 spiro atoms. The molecule has 0 saturated heterocycles. The van der Waals surface area contributed by atoms with Crippen LogP contribution >= 0.6 is 15.9 Å². The summed E-state index contributed by atoms with van der Waals surface area (Å²) in [6.07, 6.45) is 3.85. The number of ether oxygens (including phenoxy) is 1. The van der Waals surface area contributed by atoms with Gasteiger partial charge >= 0.3 is 0 Å². The molecule has 0 bridgehead atoms. The fraction of sp³-hybridized carbons (Fsp3) is 0.600. The van der Waals surface area contributed by atoms with E-state index in [0.29, 0.717) is 5.92 Å². The molecule has 1 aromatic carbocycles. The molecule has 2 heteroatoms. The summed E-state index contributed by atoms with van der Waals surface area (Å²) in [6, 6.07) is 8.78. The molecule has 94 valence electrons. The van der Waals surface area contributed by atoms with E-state index in [-0.39, 0.29) is 0 Å². The monoisotopic (exact) mass is 296 g/mol. The van der Waals surface area contributed by atoms with Crippen LogP contribution < -0.4 is 0 Å². The third-order valence-electron chi connectivity index (χ3n) is 3.23. The zero-order valence-corrected chi connectivity index (χ0v) is 12.1. The van der Waals surface area contributed by atoms with Gasteiger partial charge in [0.15, 0.2) is 0 Å². The molecule has 0 amide bonds. The Bertz CT molecular complexity index is 347. The largest absolute Gasteiger partial charge is 0.381 e. The highest BCUT2D eigenvalue weighted by Crippen LogP contribution is 2.29. The van der Waals surface area contributed by atoms with E-state index in [4.69, 9.17) is 4.74 Å². The molecule has 1 saturated carbocycles. The average Bonchev–Trinajstić information content (AvgIpc) is 3.12. The Labute approximate surface area is 113 Å². The second-order valence-corrected chi connectivity index (χ2v) is 5.84. The number of hydrogen-bond donors (Lipinski definition) is 0. The standard InChI is InChI=1S/C15H21BrO/c1-12-3-2-4-14(7-12)8-15(9-16)11-17-10-13-5-6-13/h2-4,7,13,15H,5-6,8-11H2,1H3. The third-order valence-corrected chi connectivity index (χ3v) is 4.14. The predicted molar refractivity (Wildman–Crippen MR) is 75.7 cm³/mol. The number of alkyl halides is 1. The zero-order valence-electron chi connectivity index (χ0n) is 10.5. The Morgan fingerprint density at radius 2 is 2.24 bits per heavy atom. The molecule has 1 aliphatic carbocycles. The van der Waals surface area contributed by atoms with Crippen LogP contribution in [0.25, 0.3) is 0 Å². The lowest BCUT2D eigenvalue weighted by atomic mass is 10.0. The topological polar surface area (TPSA) is 9.23 Å². The summed E-state index contributed by atoms with van der Waals surface area (Å²) < 4.78 is 5.78. The van der Waals surface area contributed by atoms with Crippen LogP contribution in [0.2, 0.25) is 0 Å². The lowest BCUT2D eigenvalue weighted by Gasteiger charge is -2.14. The highest BCUT2D eigenvalue weighted by Gasteiger charge is 2.21. The fourth-order valence-electron chi connectivity index (χ4n) is 2.02. The Morgan fingerprint density at radius 3 is 2.88 bits per heavy atom. The normalized spacial score (nSPS) is 17.1. The summed E-state index contributed by atoms with van der Waals surface area (Å²) in [5.74, 6) is 1.46. The molecule has 1 nitrogen and oxygen atoms in total. The summed E-state index contributed by atoms with van der Waals surface area (Å²) in [4.78, 5) is 0. The molecular weight excluding hydrogens is 276 g/mol. The van der Waals surface area contributed by atoms with Gasteiger partial charge in [0.2, 0.25) is 0 Å². The highest BCUT2D eigenvalue weighted by molar-refractivity contribution is 9.09. The van der Waals surface area contributed by atoms with Crippen LogP contribution in [0.3, 0.4) is 0 Å². The number of benzene rings is 1. The van der Waals surface area contributed by atoms with E-state index >= 15 is 0 Å². The number of halogens is 1. The Balaban J connectivity index is 1.76. The fourth-order valence-corrected chi connectivity index (χ4v) is 2.43. The van der Waals surface area contributed by atoms with Crippen molar-refractivity contribution in [1.29, 1.82) is 0 Å². The second kappa shape index (κ2) is 6.55. The predicted octanol–water partition coefficient (Wildman–Crippen LogP) is 3.98. The van der Waals surface area contributed by atoms with Gasteiger partial charge < -0.3 is 4.74 Å². The van der Waals surface area contributed by atoms with Gasteiger partial charge in [-0.15, -0.1) is 0 Å². The highest BCUT2D eigenvalue weighted by atomic mass is 79.9. The van der Waals surface area contributed by atoms with E-state index in [1.807, 2.05) is 0 Å². The molecule has 1 atom stereocenters. The molecule has 0 radical (unpaired) electrons. The molecule has 0 aliphatic heterocycles. The van der Waals surface area contributed by atoms with Crippen molar-refractivity contribution in [2.75, 3.05) is 18.5 Å². The van der Waals surface area contributed by atoms with Crippen LogP contribution in [0.5, 0.6) is 0 Å². The summed E-state index contributed by atoms with van der Waals surface area (Å²) in [6.45, 7) is 4.00. The molecule has 0 aromatic heterocycles. The first-order valence-electron chi connectivity index (χ1n) is 6.47. The van der Waals surface area contributed by atoms with Gasteiger partial charge in [-0.1, -0.05) is 45.8 Å². The molecule has 1 fully saturated rings. The first kappa shape index (κ1) is 13.1. The lowest BCUT2D eigenvalue weighted by Crippen LogP contribution is -2.15. The van der Waals surface area contributed by atoms with Crippen LogP contribution in [0.4, 0.5) is 0 Å². The molecule has 1 unspecified atom stereocenters. The maximum Gasteiger partial charge on any atom is 0.0505 e. The number of hydrogen-bond acceptors (Lipinski definition) is 1. The van der Waals surface area contributed by atoms with Gasteiger partial charge in [0, 0.05) is 11.9 Å².